The highest BCUT2D eigenvalue weighted by Crippen LogP contribution is 2.32. The minimum absolute atomic E-state index is 0.511. The minimum atomic E-state index is 0.511. The summed E-state index contributed by atoms with van der Waals surface area (Å²) < 4.78 is 7.10. The number of thiophene rings is 1. The van der Waals surface area contributed by atoms with Crippen LogP contribution < -0.4 is 10.5 Å². The molecule has 0 spiro atoms. The van der Waals surface area contributed by atoms with Crippen LogP contribution in [-0.2, 0) is 13.2 Å². The van der Waals surface area contributed by atoms with Crippen LogP contribution in [0.3, 0.4) is 0 Å². The first kappa shape index (κ1) is 13.4. The molecule has 2 aromatic carbocycles. The summed E-state index contributed by atoms with van der Waals surface area (Å²) in [6.07, 6.45) is 0. The van der Waals surface area contributed by atoms with Crippen molar-refractivity contribution in [2.75, 3.05) is 0 Å². The largest absolute Gasteiger partial charge is 0.489 e. The number of benzene rings is 2. The van der Waals surface area contributed by atoms with Gasteiger partial charge in [-0.25, -0.2) is 0 Å². The second-order valence-corrected chi connectivity index (χ2v) is 6.02. The Morgan fingerprint density at radius 1 is 1.10 bits per heavy atom. The van der Waals surface area contributed by atoms with Crippen LogP contribution in [0.15, 0.2) is 48.5 Å². The van der Waals surface area contributed by atoms with E-state index in [4.69, 9.17) is 22.1 Å². The summed E-state index contributed by atoms with van der Waals surface area (Å²) in [5.74, 6) is 0.774. The predicted molar refractivity (Wildman–Crippen MR) is 85.5 cm³/mol. The van der Waals surface area contributed by atoms with E-state index in [2.05, 4.69) is 12.1 Å². The predicted octanol–water partition coefficient (Wildman–Crippen LogP) is 4.59. The molecule has 0 saturated heterocycles. The van der Waals surface area contributed by atoms with Gasteiger partial charge in [-0.05, 0) is 29.7 Å². The standard InChI is InChI=1S/C16H14ClNOS/c17-11-4-3-5-12(8-11)19-10-14-13-6-1-2-7-15(13)20-16(14)9-18/h1-8H,9-10,18H2. The molecular weight excluding hydrogens is 290 g/mol. The van der Waals surface area contributed by atoms with Gasteiger partial charge in [-0.3, -0.25) is 0 Å². The van der Waals surface area contributed by atoms with Crippen molar-refractivity contribution in [2.45, 2.75) is 13.2 Å². The van der Waals surface area contributed by atoms with Crippen molar-refractivity contribution in [1.82, 2.24) is 0 Å². The lowest BCUT2D eigenvalue weighted by molar-refractivity contribution is 0.307. The third-order valence-corrected chi connectivity index (χ3v) is 4.62. The SMILES string of the molecule is NCc1sc2ccccc2c1COc1cccc(Cl)c1. The van der Waals surface area contributed by atoms with Gasteiger partial charge in [0.25, 0.3) is 0 Å². The summed E-state index contributed by atoms with van der Waals surface area (Å²) in [5.41, 5.74) is 7.02. The first-order valence-electron chi connectivity index (χ1n) is 6.35. The Labute approximate surface area is 126 Å². The van der Waals surface area contributed by atoms with Crippen LogP contribution in [0.25, 0.3) is 10.1 Å². The van der Waals surface area contributed by atoms with Gasteiger partial charge in [-0.15, -0.1) is 11.3 Å². The molecule has 3 aromatic rings. The van der Waals surface area contributed by atoms with Crippen LogP contribution >= 0.6 is 22.9 Å². The van der Waals surface area contributed by atoms with E-state index in [1.807, 2.05) is 36.4 Å². The molecule has 0 aliphatic rings. The monoisotopic (exact) mass is 303 g/mol. The molecular formula is C16H14ClNOS. The van der Waals surface area contributed by atoms with Crippen molar-refractivity contribution >= 4 is 33.0 Å². The van der Waals surface area contributed by atoms with E-state index < -0.39 is 0 Å². The molecule has 20 heavy (non-hydrogen) atoms. The molecule has 1 heterocycles. The maximum atomic E-state index is 5.96. The molecule has 0 unspecified atom stereocenters. The topological polar surface area (TPSA) is 35.2 Å². The normalized spacial score (nSPS) is 10.9. The fourth-order valence-corrected chi connectivity index (χ4v) is 3.45. The van der Waals surface area contributed by atoms with Crippen molar-refractivity contribution in [1.29, 1.82) is 0 Å². The lowest BCUT2D eigenvalue weighted by Gasteiger charge is -2.07. The maximum Gasteiger partial charge on any atom is 0.121 e. The van der Waals surface area contributed by atoms with E-state index in [0.29, 0.717) is 18.2 Å². The number of nitrogens with two attached hydrogens (primary N) is 1. The Hall–Kier alpha value is -1.55. The molecule has 4 heteroatoms. The summed E-state index contributed by atoms with van der Waals surface area (Å²) >= 11 is 7.69. The van der Waals surface area contributed by atoms with Gasteiger partial charge in [-0.2, -0.15) is 0 Å². The van der Waals surface area contributed by atoms with Gasteiger partial charge >= 0.3 is 0 Å². The number of hydrogen-bond donors (Lipinski definition) is 1. The molecule has 0 aliphatic carbocycles. The zero-order valence-corrected chi connectivity index (χ0v) is 12.4. The van der Waals surface area contributed by atoms with Crippen molar-refractivity contribution < 1.29 is 4.74 Å². The highest BCUT2D eigenvalue weighted by molar-refractivity contribution is 7.19. The lowest BCUT2D eigenvalue weighted by Crippen LogP contribution is -2.01. The number of rotatable bonds is 4. The summed E-state index contributed by atoms with van der Waals surface area (Å²) in [6.45, 7) is 1.05. The van der Waals surface area contributed by atoms with Crippen LogP contribution in [0.4, 0.5) is 0 Å². The Balaban J connectivity index is 1.90. The number of fused-ring (bicyclic) bond motifs is 1. The average molecular weight is 304 g/mol. The molecule has 0 radical (unpaired) electrons. The van der Waals surface area contributed by atoms with Gasteiger partial charge in [0.05, 0.1) is 0 Å². The molecule has 2 nitrogen and oxygen atoms in total. The molecule has 3 rings (SSSR count). The van der Waals surface area contributed by atoms with Crippen molar-refractivity contribution in [3.05, 3.63) is 64.0 Å². The first-order chi connectivity index (χ1) is 9.78. The molecule has 0 fully saturated rings. The molecule has 2 N–H and O–H groups in total. The molecule has 102 valence electrons. The molecule has 0 atom stereocenters. The molecule has 0 aliphatic heterocycles. The Bertz CT molecular complexity index is 738. The van der Waals surface area contributed by atoms with Gasteiger partial charge in [0.1, 0.15) is 12.4 Å². The van der Waals surface area contributed by atoms with Crippen molar-refractivity contribution in [3.8, 4) is 5.75 Å². The smallest absolute Gasteiger partial charge is 0.121 e. The van der Waals surface area contributed by atoms with Crippen molar-refractivity contribution in [3.63, 3.8) is 0 Å². The van der Waals surface area contributed by atoms with Gasteiger partial charge in [0.15, 0.2) is 0 Å². The lowest BCUT2D eigenvalue weighted by atomic mass is 10.1. The fourth-order valence-electron chi connectivity index (χ4n) is 2.18. The highest BCUT2D eigenvalue weighted by Gasteiger charge is 2.11. The number of ether oxygens (including phenoxy) is 1. The van der Waals surface area contributed by atoms with Gasteiger partial charge in [0.2, 0.25) is 0 Å². The summed E-state index contributed by atoms with van der Waals surface area (Å²) in [7, 11) is 0. The average Bonchev–Trinajstić information content (AvgIpc) is 2.83. The van der Waals surface area contributed by atoms with Crippen LogP contribution in [0.5, 0.6) is 5.75 Å². The Morgan fingerprint density at radius 3 is 2.75 bits per heavy atom. The summed E-state index contributed by atoms with van der Waals surface area (Å²) in [5, 5.41) is 1.90. The first-order valence-corrected chi connectivity index (χ1v) is 7.55. The third-order valence-electron chi connectivity index (χ3n) is 3.15. The maximum absolute atomic E-state index is 5.96. The zero-order chi connectivity index (χ0) is 13.9. The van der Waals surface area contributed by atoms with E-state index in [1.165, 1.54) is 20.5 Å². The minimum Gasteiger partial charge on any atom is -0.489 e. The second-order valence-electron chi connectivity index (χ2n) is 4.45. The number of hydrogen-bond acceptors (Lipinski definition) is 3. The second kappa shape index (κ2) is 5.83. The van der Waals surface area contributed by atoms with Gasteiger partial charge < -0.3 is 10.5 Å². The zero-order valence-electron chi connectivity index (χ0n) is 10.8. The van der Waals surface area contributed by atoms with Crippen molar-refractivity contribution in [2.24, 2.45) is 5.73 Å². The molecule has 1 aromatic heterocycles. The number of halogens is 1. The van der Waals surface area contributed by atoms with Crippen LogP contribution in [-0.4, -0.2) is 0 Å². The van der Waals surface area contributed by atoms with E-state index in [-0.39, 0.29) is 0 Å². The third kappa shape index (κ3) is 2.66. The fraction of sp³-hybridized carbons (Fsp3) is 0.125. The summed E-state index contributed by atoms with van der Waals surface area (Å²) in [6, 6.07) is 15.7. The Kier molecular flexibility index (Phi) is 3.92. The van der Waals surface area contributed by atoms with Crippen LogP contribution in [0.1, 0.15) is 10.4 Å². The molecule has 0 amide bonds. The molecule has 0 bridgehead atoms. The molecule has 0 saturated carbocycles. The van der Waals surface area contributed by atoms with Gasteiger partial charge in [0, 0.05) is 26.7 Å². The Morgan fingerprint density at radius 2 is 1.95 bits per heavy atom. The summed E-state index contributed by atoms with van der Waals surface area (Å²) in [4.78, 5) is 1.17. The van der Waals surface area contributed by atoms with Crippen LogP contribution in [0, 0.1) is 0 Å². The van der Waals surface area contributed by atoms with E-state index in [1.54, 1.807) is 11.3 Å². The van der Waals surface area contributed by atoms with E-state index >= 15 is 0 Å². The quantitative estimate of drug-likeness (QED) is 0.765. The van der Waals surface area contributed by atoms with Gasteiger partial charge in [-0.1, -0.05) is 35.9 Å². The van der Waals surface area contributed by atoms with E-state index in [9.17, 15) is 0 Å². The van der Waals surface area contributed by atoms with E-state index in [0.717, 1.165) is 5.75 Å². The van der Waals surface area contributed by atoms with Crippen LogP contribution in [0.2, 0.25) is 5.02 Å². The highest BCUT2D eigenvalue weighted by atomic mass is 35.5.